The molecule has 6 nitrogen and oxygen atoms in total. The standard InChI is InChI=1S/C15H29N2O4P/c1-6-7-21-14(20)11-9(2)10(18)8-17(11)13(19)12(16-22)15(3,4)5/h9-12,16,18H,6-8,22H2,1-5H3/t9?,10-,11-,12+/m0/s1. The van der Waals surface area contributed by atoms with Crippen molar-refractivity contribution in [3.63, 3.8) is 0 Å². The van der Waals surface area contributed by atoms with Crippen LogP contribution in [-0.2, 0) is 14.3 Å². The van der Waals surface area contributed by atoms with Crippen molar-refractivity contribution < 1.29 is 19.4 Å². The predicted octanol–water partition coefficient (Wildman–Crippen LogP) is 0.942. The smallest absolute Gasteiger partial charge is 0.329 e. The van der Waals surface area contributed by atoms with Gasteiger partial charge in [-0.15, -0.1) is 0 Å². The zero-order valence-corrected chi connectivity index (χ0v) is 15.3. The number of aliphatic hydroxyl groups excluding tert-OH is 1. The molecule has 1 aliphatic heterocycles. The number of aliphatic hydroxyl groups is 1. The third kappa shape index (κ3) is 4.18. The highest BCUT2D eigenvalue weighted by molar-refractivity contribution is 7.13. The summed E-state index contributed by atoms with van der Waals surface area (Å²) in [5.41, 5.74) is -0.312. The molecule has 1 aliphatic rings. The second-order valence-electron chi connectivity index (χ2n) is 7.00. The number of likely N-dealkylation sites (tertiary alicyclic amines) is 1. The van der Waals surface area contributed by atoms with Crippen molar-refractivity contribution in [2.24, 2.45) is 11.3 Å². The Balaban J connectivity index is 2.98. The normalized spacial score (nSPS) is 26.9. The SMILES string of the molecule is CCCOC(=O)[C@@H]1C(C)[C@@H](O)CN1C(=O)[C@@H](NP)C(C)(C)C. The number of carbonyl (C=O) groups is 2. The van der Waals surface area contributed by atoms with Gasteiger partial charge in [0.15, 0.2) is 0 Å². The molecule has 0 spiro atoms. The van der Waals surface area contributed by atoms with Crippen LogP contribution in [-0.4, -0.2) is 53.2 Å². The second kappa shape index (κ2) is 7.71. The van der Waals surface area contributed by atoms with Crippen molar-refractivity contribution in [1.82, 2.24) is 9.99 Å². The van der Waals surface area contributed by atoms with E-state index in [0.29, 0.717) is 6.61 Å². The van der Waals surface area contributed by atoms with Gasteiger partial charge >= 0.3 is 5.97 Å². The highest BCUT2D eigenvalue weighted by atomic mass is 31.0. The van der Waals surface area contributed by atoms with Crippen molar-refractivity contribution in [2.75, 3.05) is 13.2 Å². The highest BCUT2D eigenvalue weighted by Crippen LogP contribution is 2.30. The van der Waals surface area contributed by atoms with Gasteiger partial charge in [-0.05, 0) is 11.8 Å². The molecule has 0 aromatic heterocycles. The Morgan fingerprint density at radius 3 is 2.50 bits per heavy atom. The number of hydrogen-bond donors (Lipinski definition) is 2. The van der Waals surface area contributed by atoms with Crippen molar-refractivity contribution in [2.45, 2.75) is 59.2 Å². The van der Waals surface area contributed by atoms with Crippen LogP contribution in [0.3, 0.4) is 0 Å². The number of amides is 1. The Labute approximate surface area is 135 Å². The molecule has 5 atom stereocenters. The van der Waals surface area contributed by atoms with Gasteiger partial charge in [0.1, 0.15) is 6.04 Å². The lowest BCUT2D eigenvalue weighted by Gasteiger charge is -2.34. The number of hydrogen-bond acceptors (Lipinski definition) is 5. The first-order valence-corrected chi connectivity index (χ1v) is 8.34. The molecule has 0 saturated carbocycles. The summed E-state index contributed by atoms with van der Waals surface area (Å²) in [5.74, 6) is -0.960. The molecule has 2 unspecified atom stereocenters. The number of rotatable bonds is 5. The van der Waals surface area contributed by atoms with Gasteiger partial charge in [0.25, 0.3) is 0 Å². The van der Waals surface area contributed by atoms with Gasteiger partial charge in [0.2, 0.25) is 5.91 Å². The van der Waals surface area contributed by atoms with Gasteiger partial charge < -0.3 is 14.7 Å². The average molecular weight is 332 g/mol. The lowest BCUT2D eigenvalue weighted by molar-refractivity contribution is -0.156. The number of nitrogens with one attached hydrogen (secondary N) is 1. The Hall–Kier alpha value is -0.710. The van der Waals surface area contributed by atoms with Crippen molar-refractivity contribution in [1.29, 1.82) is 0 Å². The molecule has 2 N–H and O–H groups in total. The van der Waals surface area contributed by atoms with E-state index in [9.17, 15) is 14.7 Å². The lowest BCUT2D eigenvalue weighted by Crippen LogP contribution is -2.54. The van der Waals surface area contributed by atoms with E-state index in [1.807, 2.05) is 27.7 Å². The van der Waals surface area contributed by atoms with E-state index in [2.05, 4.69) is 14.5 Å². The largest absolute Gasteiger partial charge is 0.464 e. The fourth-order valence-corrected chi connectivity index (χ4v) is 3.33. The first-order valence-electron chi connectivity index (χ1n) is 7.76. The van der Waals surface area contributed by atoms with Crippen molar-refractivity contribution in [3.8, 4) is 0 Å². The third-order valence-corrected chi connectivity index (χ3v) is 4.41. The molecule has 1 fully saturated rings. The maximum absolute atomic E-state index is 12.8. The Kier molecular flexibility index (Phi) is 6.78. The maximum Gasteiger partial charge on any atom is 0.329 e. The fraction of sp³-hybridized carbons (Fsp3) is 0.867. The monoisotopic (exact) mass is 332 g/mol. The zero-order chi connectivity index (χ0) is 17.1. The van der Waals surface area contributed by atoms with Crippen LogP contribution in [0.1, 0.15) is 41.0 Å². The van der Waals surface area contributed by atoms with Crippen molar-refractivity contribution in [3.05, 3.63) is 0 Å². The van der Waals surface area contributed by atoms with Gasteiger partial charge in [-0.1, -0.05) is 44.0 Å². The Morgan fingerprint density at radius 2 is 2.05 bits per heavy atom. The van der Waals surface area contributed by atoms with E-state index < -0.39 is 24.2 Å². The van der Waals surface area contributed by atoms with Crippen LogP contribution in [0.5, 0.6) is 0 Å². The average Bonchev–Trinajstić information content (AvgIpc) is 2.71. The molecule has 22 heavy (non-hydrogen) atoms. The Morgan fingerprint density at radius 1 is 1.45 bits per heavy atom. The number of esters is 1. The van der Waals surface area contributed by atoms with E-state index in [-0.39, 0.29) is 23.8 Å². The summed E-state index contributed by atoms with van der Waals surface area (Å²) in [6.45, 7) is 10.0. The lowest BCUT2D eigenvalue weighted by atomic mass is 9.86. The maximum atomic E-state index is 12.8. The molecule has 1 rings (SSSR count). The summed E-state index contributed by atoms with van der Waals surface area (Å²) in [4.78, 5) is 26.6. The second-order valence-corrected chi connectivity index (χ2v) is 7.33. The van der Waals surface area contributed by atoms with Gasteiger partial charge in [-0.3, -0.25) is 9.88 Å². The molecule has 1 heterocycles. The molecular formula is C15H29N2O4P. The van der Waals surface area contributed by atoms with E-state index in [4.69, 9.17) is 4.74 Å². The van der Waals surface area contributed by atoms with Crippen LogP contribution < -0.4 is 5.09 Å². The van der Waals surface area contributed by atoms with Crippen LogP contribution in [0.2, 0.25) is 0 Å². The van der Waals surface area contributed by atoms with Crippen LogP contribution >= 0.6 is 9.39 Å². The predicted molar refractivity (Wildman–Crippen MR) is 88.0 cm³/mol. The minimum absolute atomic E-state index is 0.158. The summed E-state index contributed by atoms with van der Waals surface area (Å²) in [6, 6.07) is -1.19. The minimum Gasteiger partial charge on any atom is -0.464 e. The van der Waals surface area contributed by atoms with Gasteiger partial charge in [-0.2, -0.15) is 0 Å². The van der Waals surface area contributed by atoms with Crippen LogP contribution in [0.4, 0.5) is 0 Å². The molecule has 128 valence electrons. The molecule has 0 aliphatic carbocycles. The topological polar surface area (TPSA) is 78.9 Å². The number of β-amino-alcohol motifs (C(OH)–C–C–N with tert-alkyl or cyclic N) is 1. The van der Waals surface area contributed by atoms with E-state index in [0.717, 1.165) is 6.42 Å². The molecule has 0 radical (unpaired) electrons. The summed E-state index contributed by atoms with van der Waals surface area (Å²) < 4.78 is 5.20. The van der Waals surface area contributed by atoms with Gasteiger partial charge in [-0.25, -0.2) is 4.79 Å². The molecule has 1 amide bonds. The van der Waals surface area contributed by atoms with E-state index in [1.54, 1.807) is 6.92 Å². The molecule has 7 heteroatoms. The van der Waals surface area contributed by atoms with Gasteiger partial charge in [0, 0.05) is 12.5 Å². The summed E-state index contributed by atoms with van der Waals surface area (Å²) in [6.07, 6.45) is 0.00875. The first-order chi connectivity index (χ1) is 10.1. The fourth-order valence-electron chi connectivity index (χ4n) is 2.69. The van der Waals surface area contributed by atoms with Crippen molar-refractivity contribution >= 4 is 21.3 Å². The van der Waals surface area contributed by atoms with Crippen LogP contribution in [0, 0.1) is 11.3 Å². The van der Waals surface area contributed by atoms with Crippen LogP contribution in [0.25, 0.3) is 0 Å². The number of carbonyl (C=O) groups excluding carboxylic acids is 2. The quantitative estimate of drug-likeness (QED) is 0.579. The van der Waals surface area contributed by atoms with E-state index >= 15 is 0 Å². The number of ether oxygens (including phenoxy) is 1. The summed E-state index contributed by atoms with van der Waals surface area (Å²) in [5, 5.41) is 13.0. The first kappa shape index (κ1) is 19.3. The molecule has 0 aromatic rings. The van der Waals surface area contributed by atoms with Crippen LogP contribution in [0.15, 0.2) is 0 Å². The molecule has 0 bridgehead atoms. The highest BCUT2D eigenvalue weighted by Gasteiger charge is 2.48. The minimum atomic E-state index is -0.725. The van der Waals surface area contributed by atoms with Gasteiger partial charge in [0.05, 0.1) is 18.8 Å². The molecule has 0 aromatic carbocycles. The molecular weight excluding hydrogens is 303 g/mol. The zero-order valence-electron chi connectivity index (χ0n) is 14.1. The summed E-state index contributed by atoms with van der Waals surface area (Å²) >= 11 is 0. The Bertz CT molecular complexity index is 411. The molecule has 1 saturated heterocycles. The number of nitrogens with zero attached hydrogens (tertiary/aromatic N) is 1. The van der Waals surface area contributed by atoms with E-state index in [1.165, 1.54) is 4.90 Å². The third-order valence-electron chi connectivity index (χ3n) is 4.08. The summed E-state index contributed by atoms with van der Waals surface area (Å²) in [7, 11) is 2.36.